The van der Waals surface area contributed by atoms with Crippen molar-refractivity contribution >= 4 is 15.5 Å². The van der Waals surface area contributed by atoms with E-state index in [4.69, 9.17) is 5.73 Å². The molecule has 0 heterocycles. The van der Waals surface area contributed by atoms with Gasteiger partial charge in [-0.2, -0.15) is 0 Å². The van der Waals surface area contributed by atoms with Crippen molar-refractivity contribution in [1.82, 2.24) is 0 Å². The number of rotatable bonds is 6. The van der Waals surface area contributed by atoms with Gasteiger partial charge in [-0.15, -0.1) is 0 Å². The van der Waals surface area contributed by atoms with Gasteiger partial charge in [0.1, 0.15) is 0 Å². The molecular weight excluding hydrogens is 256 g/mol. The van der Waals surface area contributed by atoms with E-state index in [-0.39, 0.29) is 22.4 Å². The molecule has 0 amide bonds. The van der Waals surface area contributed by atoms with E-state index in [0.717, 1.165) is 6.42 Å². The van der Waals surface area contributed by atoms with Crippen LogP contribution in [0.15, 0.2) is 29.2 Å². The second-order valence-corrected chi connectivity index (χ2v) is 6.14. The van der Waals surface area contributed by atoms with E-state index >= 15 is 0 Å². The number of nitrogens with zero attached hydrogens (tertiary/aromatic N) is 1. The SMILES string of the molecule is CCC(N)CCS(=O)(=O)c1ccc([N+](=O)[O-])cc1. The van der Waals surface area contributed by atoms with E-state index in [1.807, 2.05) is 6.92 Å². The molecule has 0 aliphatic heterocycles. The molecule has 0 fully saturated rings. The fourth-order valence-electron chi connectivity index (χ4n) is 1.40. The van der Waals surface area contributed by atoms with Crippen molar-refractivity contribution in [3.05, 3.63) is 34.4 Å². The standard InChI is InChI=1S/C11H16N2O4S/c1-2-9(12)7-8-18(16,17)11-5-3-10(4-6-11)13(14)15/h3-6,9H,2,7-8,12H2,1H3. The van der Waals surface area contributed by atoms with Gasteiger partial charge in [0.2, 0.25) is 0 Å². The third kappa shape index (κ3) is 3.78. The first-order valence-corrected chi connectivity index (χ1v) is 7.25. The number of nitro groups is 1. The fourth-order valence-corrected chi connectivity index (χ4v) is 2.80. The van der Waals surface area contributed by atoms with Gasteiger partial charge in [-0.1, -0.05) is 6.92 Å². The zero-order chi connectivity index (χ0) is 13.8. The van der Waals surface area contributed by atoms with Crippen LogP contribution >= 0.6 is 0 Å². The molecule has 2 N–H and O–H groups in total. The predicted octanol–water partition coefficient (Wildman–Crippen LogP) is 1.50. The summed E-state index contributed by atoms with van der Waals surface area (Å²) in [4.78, 5) is 9.98. The van der Waals surface area contributed by atoms with Crippen molar-refractivity contribution in [3.63, 3.8) is 0 Å². The van der Waals surface area contributed by atoms with Crippen LogP contribution in [0.25, 0.3) is 0 Å². The molecule has 7 heteroatoms. The van der Waals surface area contributed by atoms with Crippen molar-refractivity contribution in [3.8, 4) is 0 Å². The second kappa shape index (κ2) is 5.92. The second-order valence-electron chi connectivity index (χ2n) is 4.03. The summed E-state index contributed by atoms with van der Waals surface area (Å²) in [5, 5.41) is 10.5. The lowest BCUT2D eigenvalue weighted by Gasteiger charge is -2.08. The Morgan fingerprint density at radius 2 is 1.89 bits per heavy atom. The molecule has 1 aromatic rings. The van der Waals surface area contributed by atoms with Crippen molar-refractivity contribution in [2.24, 2.45) is 5.73 Å². The maximum absolute atomic E-state index is 11.9. The Kier molecular flexibility index (Phi) is 4.80. The van der Waals surface area contributed by atoms with Gasteiger partial charge >= 0.3 is 0 Å². The molecule has 0 aliphatic rings. The van der Waals surface area contributed by atoms with Gasteiger partial charge < -0.3 is 5.73 Å². The largest absolute Gasteiger partial charge is 0.328 e. The highest BCUT2D eigenvalue weighted by Gasteiger charge is 2.17. The third-order valence-corrected chi connectivity index (χ3v) is 4.45. The highest BCUT2D eigenvalue weighted by Crippen LogP contribution is 2.17. The number of benzene rings is 1. The van der Waals surface area contributed by atoms with Gasteiger partial charge in [-0.3, -0.25) is 10.1 Å². The van der Waals surface area contributed by atoms with Crippen LogP contribution in [0, 0.1) is 10.1 Å². The summed E-state index contributed by atoms with van der Waals surface area (Å²) >= 11 is 0. The van der Waals surface area contributed by atoms with Crippen molar-refractivity contribution < 1.29 is 13.3 Å². The Bertz CT molecular complexity index is 510. The average Bonchev–Trinajstić information content (AvgIpc) is 2.36. The van der Waals surface area contributed by atoms with E-state index < -0.39 is 14.8 Å². The van der Waals surface area contributed by atoms with Crippen LogP contribution in [0.2, 0.25) is 0 Å². The minimum absolute atomic E-state index is 0.0418. The molecule has 0 saturated carbocycles. The highest BCUT2D eigenvalue weighted by molar-refractivity contribution is 7.91. The van der Waals surface area contributed by atoms with Crippen molar-refractivity contribution in [2.45, 2.75) is 30.7 Å². The number of hydrogen-bond donors (Lipinski definition) is 1. The van der Waals surface area contributed by atoms with E-state index in [2.05, 4.69) is 0 Å². The van der Waals surface area contributed by atoms with Gasteiger partial charge in [0.25, 0.3) is 5.69 Å². The van der Waals surface area contributed by atoms with E-state index in [1.54, 1.807) is 0 Å². The maximum Gasteiger partial charge on any atom is 0.269 e. The molecular formula is C11H16N2O4S. The lowest BCUT2D eigenvalue weighted by molar-refractivity contribution is -0.384. The van der Waals surface area contributed by atoms with Crippen LogP contribution in [0.5, 0.6) is 0 Å². The smallest absolute Gasteiger partial charge is 0.269 e. The Balaban J connectivity index is 2.82. The molecule has 0 saturated heterocycles. The molecule has 1 atom stereocenters. The molecule has 1 aromatic carbocycles. The Labute approximate surface area is 106 Å². The molecule has 0 bridgehead atoms. The minimum Gasteiger partial charge on any atom is -0.328 e. The van der Waals surface area contributed by atoms with Gasteiger partial charge in [-0.25, -0.2) is 8.42 Å². The zero-order valence-electron chi connectivity index (χ0n) is 10.1. The molecule has 1 rings (SSSR count). The molecule has 0 aromatic heterocycles. The van der Waals surface area contributed by atoms with E-state index in [0.29, 0.717) is 6.42 Å². The van der Waals surface area contributed by atoms with Crippen LogP contribution in [-0.2, 0) is 9.84 Å². The van der Waals surface area contributed by atoms with Crippen LogP contribution in [0.1, 0.15) is 19.8 Å². The first-order valence-electron chi connectivity index (χ1n) is 5.59. The number of nitrogens with two attached hydrogens (primary N) is 1. The highest BCUT2D eigenvalue weighted by atomic mass is 32.2. The van der Waals surface area contributed by atoms with Crippen LogP contribution in [0.4, 0.5) is 5.69 Å². The lowest BCUT2D eigenvalue weighted by atomic mass is 10.2. The zero-order valence-corrected chi connectivity index (χ0v) is 10.9. The Morgan fingerprint density at radius 1 is 1.33 bits per heavy atom. The van der Waals surface area contributed by atoms with Crippen LogP contribution < -0.4 is 5.73 Å². The summed E-state index contributed by atoms with van der Waals surface area (Å²) in [6.45, 7) is 1.89. The van der Waals surface area contributed by atoms with Gasteiger partial charge in [-0.05, 0) is 25.0 Å². The topological polar surface area (TPSA) is 103 Å². The molecule has 0 spiro atoms. The van der Waals surface area contributed by atoms with Crippen LogP contribution in [-0.4, -0.2) is 25.1 Å². The molecule has 0 aliphatic carbocycles. The molecule has 18 heavy (non-hydrogen) atoms. The minimum atomic E-state index is -3.41. The number of hydrogen-bond acceptors (Lipinski definition) is 5. The summed E-state index contributed by atoms with van der Waals surface area (Å²) < 4.78 is 23.8. The molecule has 1 unspecified atom stereocenters. The summed E-state index contributed by atoms with van der Waals surface area (Å²) in [6, 6.07) is 4.74. The van der Waals surface area contributed by atoms with E-state index in [1.165, 1.54) is 24.3 Å². The lowest BCUT2D eigenvalue weighted by Crippen LogP contribution is -2.22. The first kappa shape index (κ1) is 14.6. The Hall–Kier alpha value is -1.47. The summed E-state index contributed by atoms with van der Waals surface area (Å²) in [7, 11) is -3.41. The maximum atomic E-state index is 11.9. The monoisotopic (exact) mass is 272 g/mol. The van der Waals surface area contributed by atoms with E-state index in [9.17, 15) is 18.5 Å². The van der Waals surface area contributed by atoms with Crippen LogP contribution in [0.3, 0.4) is 0 Å². The number of sulfone groups is 1. The number of non-ortho nitro benzene ring substituents is 1. The Morgan fingerprint density at radius 3 is 2.33 bits per heavy atom. The summed E-state index contributed by atoms with van der Waals surface area (Å²) in [5.74, 6) is -0.0418. The number of nitro benzene ring substituents is 1. The predicted molar refractivity (Wildman–Crippen MR) is 68.0 cm³/mol. The van der Waals surface area contributed by atoms with Gasteiger partial charge in [0.05, 0.1) is 15.6 Å². The average molecular weight is 272 g/mol. The fraction of sp³-hybridized carbons (Fsp3) is 0.455. The first-order chi connectivity index (χ1) is 8.36. The third-order valence-electron chi connectivity index (χ3n) is 2.69. The summed E-state index contributed by atoms with van der Waals surface area (Å²) in [6.07, 6.45) is 1.10. The van der Waals surface area contributed by atoms with Crippen molar-refractivity contribution in [1.29, 1.82) is 0 Å². The van der Waals surface area contributed by atoms with Gasteiger partial charge in [0.15, 0.2) is 9.84 Å². The quantitative estimate of drug-likeness (QED) is 0.624. The van der Waals surface area contributed by atoms with Gasteiger partial charge in [0, 0.05) is 18.2 Å². The van der Waals surface area contributed by atoms with Crippen molar-refractivity contribution in [2.75, 3.05) is 5.75 Å². The molecule has 6 nitrogen and oxygen atoms in total. The molecule has 0 radical (unpaired) electrons. The summed E-state index contributed by atoms with van der Waals surface area (Å²) in [5.41, 5.74) is 5.54. The normalized spacial score (nSPS) is 13.2. The molecule has 100 valence electrons.